The van der Waals surface area contributed by atoms with E-state index in [1.165, 1.54) is 4.90 Å². The van der Waals surface area contributed by atoms with Crippen molar-refractivity contribution >= 4 is 35.0 Å². The number of hydrogen-bond acceptors (Lipinski definition) is 3. The molecule has 1 N–H and O–H groups in total. The lowest BCUT2D eigenvalue weighted by Crippen LogP contribution is -2.32. The number of phenolic OH excluding ortho intramolecular Hbond substituents is 1. The van der Waals surface area contributed by atoms with Gasteiger partial charge in [-0.3, -0.25) is 14.6 Å². The summed E-state index contributed by atoms with van der Waals surface area (Å²) in [5.74, 6) is -0.0407. The van der Waals surface area contributed by atoms with Gasteiger partial charge in [0, 0.05) is 12.2 Å². The molecule has 0 spiro atoms. The number of anilines is 1. The summed E-state index contributed by atoms with van der Waals surface area (Å²) in [5.41, 5.74) is 3.12. The topological polar surface area (TPSA) is 43.8 Å². The van der Waals surface area contributed by atoms with Crippen LogP contribution in [-0.2, 0) is 4.79 Å². The predicted octanol–water partition coefficient (Wildman–Crippen LogP) is 3.86. The number of carbonyl (C=O) groups is 1. The lowest BCUT2D eigenvalue weighted by Gasteiger charge is -2.20. The summed E-state index contributed by atoms with van der Waals surface area (Å²) in [6.07, 6.45) is 3.38. The van der Waals surface area contributed by atoms with E-state index in [1.807, 2.05) is 37.3 Å². The van der Waals surface area contributed by atoms with Crippen molar-refractivity contribution in [1.29, 1.82) is 0 Å². The maximum absolute atomic E-state index is 12.9. The van der Waals surface area contributed by atoms with E-state index in [0.29, 0.717) is 17.4 Å². The second kappa shape index (κ2) is 6.91. The van der Waals surface area contributed by atoms with E-state index >= 15 is 0 Å². The third-order valence-electron chi connectivity index (χ3n) is 3.90. The number of aromatic hydroxyl groups is 1. The lowest BCUT2D eigenvalue weighted by atomic mass is 10.1. The average Bonchev–Trinajstić information content (AvgIpc) is 2.81. The quantitative estimate of drug-likeness (QED) is 0.517. The molecule has 2 aromatic rings. The van der Waals surface area contributed by atoms with E-state index in [-0.39, 0.29) is 11.7 Å². The van der Waals surface area contributed by atoms with Gasteiger partial charge in [-0.2, -0.15) is 0 Å². The van der Waals surface area contributed by atoms with Gasteiger partial charge in [0.1, 0.15) is 11.4 Å². The van der Waals surface area contributed by atoms with E-state index in [9.17, 15) is 9.90 Å². The Bertz CT molecular complexity index is 872. The molecule has 126 valence electrons. The first-order valence-corrected chi connectivity index (χ1v) is 8.26. The molecule has 1 aliphatic heterocycles. The van der Waals surface area contributed by atoms with Gasteiger partial charge in [-0.1, -0.05) is 35.9 Å². The number of aryl methyl sites for hydroxylation is 1. The Kier molecular flexibility index (Phi) is 4.67. The molecular weight excluding hydrogens is 332 g/mol. The van der Waals surface area contributed by atoms with Gasteiger partial charge in [0.05, 0.1) is 0 Å². The lowest BCUT2D eigenvalue weighted by molar-refractivity contribution is -0.121. The van der Waals surface area contributed by atoms with E-state index in [2.05, 4.69) is 6.58 Å². The second-order valence-corrected chi connectivity index (χ2v) is 6.15. The van der Waals surface area contributed by atoms with Crippen molar-refractivity contribution in [3.8, 4) is 5.75 Å². The average molecular weight is 350 g/mol. The summed E-state index contributed by atoms with van der Waals surface area (Å²) in [6, 6.07) is 14.6. The molecule has 2 aromatic carbocycles. The third-order valence-corrected chi connectivity index (χ3v) is 4.31. The third kappa shape index (κ3) is 3.32. The molecule has 1 heterocycles. The molecule has 0 aliphatic carbocycles. The molecule has 4 nitrogen and oxygen atoms in total. The van der Waals surface area contributed by atoms with Gasteiger partial charge in [-0.25, -0.2) is 0 Å². The van der Waals surface area contributed by atoms with Crippen molar-refractivity contribution in [3.63, 3.8) is 0 Å². The van der Waals surface area contributed by atoms with Crippen molar-refractivity contribution in [2.24, 2.45) is 0 Å². The SMILES string of the molecule is C=CCN1C(=O)/C(=C\c2cccc(O)c2)N(c2ccc(C)cc2)C1=S. The van der Waals surface area contributed by atoms with Crippen LogP contribution in [0.15, 0.2) is 66.9 Å². The van der Waals surface area contributed by atoms with Crippen LogP contribution < -0.4 is 4.90 Å². The smallest absolute Gasteiger partial charge is 0.277 e. The fraction of sp³-hybridized carbons (Fsp3) is 0.100. The van der Waals surface area contributed by atoms with E-state index in [0.717, 1.165) is 16.8 Å². The molecule has 1 fully saturated rings. The highest BCUT2D eigenvalue weighted by atomic mass is 32.1. The molecular formula is C20H18N2O2S. The first-order chi connectivity index (χ1) is 12.0. The van der Waals surface area contributed by atoms with Crippen molar-refractivity contribution in [2.75, 3.05) is 11.4 Å². The highest BCUT2D eigenvalue weighted by molar-refractivity contribution is 7.80. The van der Waals surface area contributed by atoms with E-state index in [1.54, 1.807) is 35.3 Å². The molecule has 25 heavy (non-hydrogen) atoms. The van der Waals surface area contributed by atoms with Crippen LogP contribution in [0.4, 0.5) is 5.69 Å². The van der Waals surface area contributed by atoms with Gasteiger partial charge in [0.2, 0.25) is 0 Å². The minimum atomic E-state index is -0.186. The minimum Gasteiger partial charge on any atom is -0.508 e. The van der Waals surface area contributed by atoms with Gasteiger partial charge in [-0.15, -0.1) is 6.58 Å². The van der Waals surface area contributed by atoms with E-state index in [4.69, 9.17) is 12.2 Å². The van der Waals surface area contributed by atoms with Crippen molar-refractivity contribution in [3.05, 3.63) is 78.0 Å². The van der Waals surface area contributed by atoms with E-state index < -0.39 is 0 Å². The summed E-state index contributed by atoms with van der Waals surface area (Å²) < 4.78 is 0. The highest BCUT2D eigenvalue weighted by Gasteiger charge is 2.38. The van der Waals surface area contributed by atoms with Crippen LogP contribution >= 0.6 is 12.2 Å². The standard InChI is InChI=1S/C20H18N2O2S/c1-3-11-21-19(24)18(13-15-5-4-6-17(23)12-15)22(20(21)25)16-9-7-14(2)8-10-16/h3-10,12-13,23H,1,11H2,2H3/b18-13+. The first-order valence-electron chi connectivity index (χ1n) is 7.85. The number of amides is 1. The van der Waals surface area contributed by atoms with Crippen LogP contribution in [0, 0.1) is 6.92 Å². The van der Waals surface area contributed by atoms with Gasteiger partial charge in [0.15, 0.2) is 5.11 Å². The highest BCUT2D eigenvalue weighted by Crippen LogP contribution is 2.30. The maximum Gasteiger partial charge on any atom is 0.277 e. The maximum atomic E-state index is 12.9. The molecule has 0 unspecified atom stereocenters. The zero-order chi connectivity index (χ0) is 18.0. The number of phenols is 1. The summed E-state index contributed by atoms with van der Waals surface area (Å²) in [4.78, 5) is 16.1. The summed E-state index contributed by atoms with van der Waals surface area (Å²) in [7, 11) is 0. The van der Waals surface area contributed by atoms with Gasteiger partial charge >= 0.3 is 0 Å². The Labute approximate surface area is 152 Å². The Morgan fingerprint density at radius 1 is 1.20 bits per heavy atom. The number of carbonyl (C=O) groups excluding carboxylic acids is 1. The molecule has 1 saturated heterocycles. The van der Waals surface area contributed by atoms with Crippen LogP contribution in [0.1, 0.15) is 11.1 Å². The number of hydrogen-bond donors (Lipinski definition) is 1. The Morgan fingerprint density at radius 3 is 2.56 bits per heavy atom. The van der Waals surface area contributed by atoms with Crippen LogP contribution in [0.25, 0.3) is 6.08 Å². The molecule has 1 aliphatic rings. The molecule has 0 bridgehead atoms. The summed E-state index contributed by atoms with van der Waals surface area (Å²) >= 11 is 5.53. The zero-order valence-electron chi connectivity index (χ0n) is 13.8. The Morgan fingerprint density at radius 2 is 1.92 bits per heavy atom. The molecule has 0 atom stereocenters. The van der Waals surface area contributed by atoms with Gasteiger partial charge < -0.3 is 5.11 Å². The normalized spacial score (nSPS) is 16.0. The first kappa shape index (κ1) is 16.9. The van der Waals surface area contributed by atoms with Crippen LogP contribution in [-0.4, -0.2) is 27.6 Å². The van der Waals surface area contributed by atoms with Crippen molar-refractivity contribution in [1.82, 2.24) is 4.90 Å². The largest absolute Gasteiger partial charge is 0.508 e. The molecule has 0 saturated carbocycles. The number of rotatable bonds is 4. The van der Waals surface area contributed by atoms with Gasteiger partial charge in [0.25, 0.3) is 5.91 Å². The zero-order valence-corrected chi connectivity index (χ0v) is 14.7. The fourth-order valence-electron chi connectivity index (χ4n) is 2.68. The Balaban J connectivity index is 2.10. The number of thiocarbonyl (C=S) groups is 1. The predicted molar refractivity (Wildman–Crippen MR) is 104 cm³/mol. The fourth-order valence-corrected chi connectivity index (χ4v) is 3.04. The molecule has 0 aromatic heterocycles. The molecule has 1 amide bonds. The Hall–Kier alpha value is -2.92. The van der Waals surface area contributed by atoms with Crippen LogP contribution in [0.3, 0.4) is 0 Å². The van der Waals surface area contributed by atoms with Crippen LogP contribution in [0.5, 0.6) is 5.75 Å². The second-order valence-electron chi connectivity index (χ2n) is 5.78. The number of benzene rings is 2. The minimum absolute atomic E-state index is 0.146. The van der Waals surface area contributed by atoms with Crippen molar-refractivity contribution < 1.29 is 9.90 Å². The summed E-state index contributed by atoms with van der Waals surface area (Å²) in [5, 5.41) is 10.1. The summed E-state index contributed by atoms with van der Waals surface area (Å²) in [6.45, 7) is 6.05. The number of nitrogens with zero attached hydrogens (tertiary/aromatic N) is 2. The molecule has 5 heteroatoms. The molecule has 3 rings (SSSR count). The molecule has 0 radical (unpaired) electrons. The van der Waals surface area contributed by atoms with Gasteiger partial charge in [-0.05, 0) is 55.0 Å². The monoisotopic (exact) mass is 350 g/mol. The van der Waals surface area contributed by atoms with Crippen molar-refractivity contribution in [2.45, 2.75) is 6.92 Å². The van der Waals surface area contributed by atoms with Crippen LogP contribution in [0.2, 0.25) is 0 Å².